The second-order valence-electron chi connectivity index (χ2n) is 8.94. The highest BCUT2D eigenvalue weighted by Crippen LogP contribution is 2.25. The van der Waals surface area contributed by atoms with Gasteiger partial charge < -0.3 is 19.4 Å². The van der Waals surface area contributed by atoms with Crippen LogP contribution in [0.1, 0.15) is 29.0 Å². The van der Waals surface area contributed by atoms with Crippen molar-refractivity contribution in [3.8, 4) is 11.5 Å². The molecule has 5 aromatic rings. The molecular weight excluding hydrogens is 462 g/mol. The summed E-state index contributed by atoms with van der Waals surface area (Å²) in [5, 5.41) is 5.33. The van der Waals surface area contributed by atoms with Gasteiger partial charge in [0, 0.05) is 30.5 Å². The van der Waals surface area contributed by atoms with Gasteiger partial charge in [-0.15, -0.1) is 0 Å². The molecule has 0 saturated carbocycles. The maximum atomic E-state index is 12.4. The minimum Gasteiger partial charge on any atom is -0.497 e. The molecule has 1 aromatic heterocycles. The van der Waals surface area contributed by atoms with Crippen LogP contribution < -0.4 is 14.8 Å². The van der Waals surface area contributed by atoms with E-state index in [1.165, 1.54) is 5.39 Å². The fourth-order valence-electron chi connectivity index (χ4n) is 4.58. The molecule has 0 fully saturated rings. The van der Waals surface area contributed by atoms with Crippen molar-refractivity contribution in [2.45, 2.75) is 25.8 Å². The second kappa shape index (κ2) is 11.6. The number of aryl methyl sites for hydroxylation is 2. The molecule has 0 aliphatic heterocycles. The Labute approximate surface area is 216 Å². The highest BCUT2D eigenvalue weighted by molar-refractivity contribution is 5.94. The molecule has 0 radical (unpaired) electrons. The van der Waals surface area contributed by atoms with Crippen LogP contribution in [0.15, 0.2) is 91.0 Å². The molecule has 0 aliphatic rings. The quantitative estimate of drug-likeness (QED) is 0.228. The fraction of sp³-hybridized carbons (Fsp3) is 0.226. The molecule has 1 amide bonds. The lowest BCUT2D eigenvalue weighted by Crippen LogP contribution is -2.25. The van der Waals surface area contributed by atoms with Gasteiger partial charge in [0.25, 0.3) is 5.91 Å². The fourth-order valence-corrected chi connectivity index (χ4v) is 4.58. The average molecular weight is 494 g/mol. The van der Waals surface area contributed by atoms with Crippen LogP contribution in [-0.2, 0) is 13.0 Å². The van der Waals surface area contributed by atoms with E-state index in [-0.39, 0.29) is 5.91 Å². The number of carbonyl (C=O) groups excluding carboxylic acids is 1. The number of carbonyl (C=O) groups is 1. The number of benzene rings is 4. The third-order valence-electron chi connectivity index (χ3n) is 6.48. The second-order valence-corrected chi connectivity index (χ2v) is 8.94. The van der Waals surface area contributed by atoms with Crippen molar-refractivity contribution in [1.29, 1.82) is 0 Å². The smallest absolute Gasteiger partial charge is 0.251 e. The number of nitrogens with one attached hydrogen (secondary N) is 1. The molecule has 4 aromatic carbocycles. The summed E-state index contributed by atoms with van der Waals surface area (Å²) < 4.78 is 13.6. The number of methoxy groups -OCH3 is 1. The molecule has 1 heterocycles. The van der Waals surface area contributed by atoms with Crippen LogP contribution in [0, 0.1) is 0 Å². The van der Waals surface area contributed by atoms with Crippen molar-refractivity contribution in [2.24, 2.45) is 0 Å². The Morgan fingerprint density at radius 3 is 2.54 bits per heavy atom. The highest BCUT2D eigenvalue weighted by atomic mass is 16.5. The Hall–Kier alpha value is -4.32. The van der Waals surface area contributed by atoms with Gasteiger partial charge in [-0.1, -0.05) is 48.5 Å². The van der Waals surface area contributed by atoms with Crippen molar-refractivity contribution in [2.75, 3.05) is 20.3 Å². The molecule has 0 saturated heterocycles. The third-order valence-corrected chi connectivity index (χ3v) is 6.48. The number of imidazole rings is 1. The highest BCUT2D eigenvalue weighted by Gasteiger charge is 2.11. The molecule has 6 nitrogen and oxygen atoms in total. The summed E-state index contributed by atoms with van der Waals surface area (Å²) in [5.41, 5.74) is 2.75. The van der Waals surface area contributed by atoms with E-state index in [1.807, 2.05) is 42.5 Å². The van der Waals surface area contributed by atoms with E-state index in [1.54, 1.807) is 31.4 Å². The largest absolute Gasteiger partial charge is 0.497 e. The summed E-state index contributed by atoms with van der Waals surface area (Å²) in [4.78, 5) is 17.3. The summed E-state index contributed by atoms with van der Waals surface area (Å²) in [6.07, 6.45) is 2.45. The van der Waals surface area contributed by atoms with Crippen LogP contribution in [0.5, 0.6) is 11.5 Å². The van der Waals surface area contributed by atoms with Gasteiger partial charge in [-0.25, -0.2) is 4.98 Å². The SMILES string of the molecule is COc1ccc(C(=O)NCCCc2nc3ccccc3n2CCCOc2cccc3ccccc23)cc1. The molecule has 5 rings (SSSR count). The summed E-state index contributed by atoms with van der Waals surface area (Å²) >= 11 is 0. The van der Waals surface area contributed by atoms with Gasteiger partial charge in [-0.05, 0) is 60.7 Å². The molecule has 0 spiro atoms. The maximum absolute atomic E-state index is 12.4. The topological polar surface area (TPSA) is 65.4 Å². The number of aromatic nitrogens is 2. The Morgan fingerprint density at radius 1 is 0.892 bits per heavy atom. The molecule has 6 heteroatoms. The van der Waals surface area contributed by atoms with Crippen molar-refractivity contribution in [3.63, 3.8) is 0 Å². The maximum Gasteiger partial charge on any atom is 0.251 e. The number of nitrogens with zero attached hydrogens (tertiary/aromatic N) is 2. The van der Waals surface area contributed by atoms with Gasteiger partial charge >= 0.3 is 0 Å². The number of ether oxygens (including phenoxy) is 2. The van der Waals surface area contributed by atoms with Crippen molar-refractivity contribution in [1.82, 2.24) is 14.9 Å². The van der Waals surface area contributed by atoms with Crippen LogP contribution >= 0.6 is 0 Å². The Bertz CT molecular complexity index is 1490. The van der Waals surface area contributed by atoms with Crippen molar-refractivity contribution < 1.29 is 14.3 Å². The van der Waals surface area contributed by atoms with E-state index < -0.39 is 0 Å². The van der Waals surface area contributed by atoms with Crippen LogP contribution in [-0.4, -0.2) is 35.7 Å². The third kappa shape index (κ3) is 5.75. The summed E-state index contributed by atoms with van der Waals surface area (Å²) in [6, 6.07) is 29.8. The van der Waals surface area contributed by atoms with E-state index >= 15 is 0 Å². The monoisotopic (exact) mass is 493 g/mol. The molecule has 0 atom stereocenters. The number of para-hydroxylation sites is 2. The number of amides is 1. The van der Waals surface area contributed by atoms with Crippen LogP contribution in [0.2, 0.25) is 0 Å². The van der Waals surface area contributed by atoms with Crippen LogP contribution in [0.4, 0.5) is 0 Å². The Morgan fingerprint density at radius 2 is 1.68 bits per heavy atom. The average Bonchev–Trinajstić information content (AvgIpc) is 3.30. The standard InChI is InChI=1S/C31H31N3O3/c1-36-25-18-16-24(17-19-25)31(35)32-20-7-15-30-33-27-12-4-5-13-28(27)34(30)21-8-22-37-29-14-6-10-23-9-2-3-11-26(23)29/h2-6,9-14,16-19H,7-8,15,20-22H2,1H3,(H,32,35). The zero-order valence-corrected chi connectivity index (χ0v) is 21.0. The van der Waals surface area contributed by atoms with Gasteiger partial charge in [0.05, 0.1) is 24.8 Å². The van der Waals surface area contributed by atoms with E-state index in [4.69, 9.17) is 14.5 Å². The molecule has 188 valence electrons. The predicted octanol–water partition coefficient (Wildman–Crippen LogP) is 6.03. The van der Waals surface area contributed by atoms with Gasteiger partial charge in [-0.3, -0.25) is 4.79 Å². The number of rotatable bonds is 11. The molecule has 0 bridgehead atoms. The van der Waals surface area contributed by atoms with Crippen LogP contribution in [0.3, 0.4) is 0 Å². The molecular formula is C31H31N3O3. The lowest BCUT2D eigenvalue weighted by Gasteiger charge is -2.12. The van der Waals surface area contributed by atoms with Crippen molar-refractivity contribution in [3.05, 3.63) is 102 Å². The lowest BCUT2D eigenvalue weighted by atomic mass is 10.1. The van der Waals surface area contributed by atoms with Gasteiger partial charge in [-0.2, -0.15) is 0 Å². The first-order valence-electron chi connectivity index (χ1n) is 12.7. The van der Waals surface area contributed by atoms with Gasteiger partial charge in [0.2, 0.25) is 0 Å². The van der Waals surface area contributed by atoms with Gasteiger partial charge in [0.15, 0.2) is 0 Å². The Kier molecular flexibility index (Phi) is 7.65. The molecule has 0 aliphatic carbocycles. The zero-order chi connectivity index (χ0) is 25.5. The van der Waals surface area contributed by atoms with E-state index in [0.29, 0.717) is 18.7 Å². The van der Waals surface area contributed by atoms with E-state index in [0.717, 1.165) is 59.6 Å². The van der Waals surface area contributed by atoms with Crippen molar-refractivity contribution >= 4 is 27.7 Å². The molecule has 37 heavy (non-hydrogen) atoms. The Balaban J connectivity index is 1.18. The molecule has 1 N–H and O–H groups in total. The summed E-state index contributed by atoms with van der Waals surface area (Å²) in [7, 11) is 1.61. The first kappa shape index (κ1) is 24.4. The number of hydrogen-bond acceptors (Lipinski definition) is 4. The summed E-state index contributed by atoms with van der Waals surface area (Å²) in [5.74, 6) is 2.60. The first-order valence-corrected chi connectivity index (χ1v) is 12.7. The van der Waals surface area contributed by atoms with E-state index in [2.05, 4.69) is 34.1 Å². The number of fused-ring (bicyclic) bond motifs is 2. The molecule has 0 unspecified atom stereocenters. The zero-order valence-electron chi connectivity index (χ0n) is 21.0. The minimum atomic E-state index is -0.0817. The lowest BCUT2D eigenvalue weighted by molar-refractivity contribution is 0.0953. The van der Waals surface area contributed by atoms with Gasteiger partial charge in [0.1, 0.15) is 17.3 Å². The minimum absolute atomic E-state index is 0.0817. The number of hydrogen-bond donors (Lipinski definition) is 1. The van der Waals surface area contributed by atoms with E-state index in [9.17, 15) is 4.79 Å². The first-order chi connectivity index (χ1) is 18.2. The normalized spacial score (nSPS) is 11.1. The van der Waals surface area contributed by atoms with Crippen LogP contribution in [0.25, 0.3) is 21.8 Å². The summed E-state index contributed by atoms with van der Waals surface area (Å²) in [6.45, 7) is 2.02. The predicted molar refractivity (Wildman–Crippen MR) is 147 cm³/mol.